The third-order valence-electron chi connectivity index (χ3n) is 4.79. The summed E-state index contributed by atoms with van der Waals surface area (Å²) in [7, 11) is 1.79. The Balaban J connectivity index is 1.37. The van der Waals surface area contributed by atoms with Crippen LogP contribution in [0.2, 0.25) is 0 Å². The molecule has 0 aliphatic rings. The van der Waals surface area contributed by atoms with Gasteiger partial charge in [0.1, 0.15) is 0 Å². The minimum absolute atomic E-state index is 0.613. The number of hydrogen-bond acceptors (Lipinski definition) is 4. The molecule has 0 atom stereocenters. The fourth-order valence-electron chi connectivity index (χ4n) is 2.95. The Morgan fingerprint density at radius 3 is 2.23 bits per heavy atom. The van der Waals surface area contributed by atoms with E-state index >= 15 is 0 Å². The van der Waals surface area contributed by atoms with Crippen molar-refractivity contribution < 1.29 is 4.74 Å². The molecule has 158 valence electrons. The fraction of sp³-hybridized carbons (Fsp3) is 0.333. The summed E-state index contributed by atoms with van der Waals surface area (Å²) >= 11 is 1.77. The minimum atomic E-state index is 0.613. The molecule has 1 aromatic heterocycles. The van der Waals surface area contributed by atoms with E-state index in [1.165, 1.54) is 21.6 Å². The van der Waals surface area contributed by atoms with Crippen molar-refractivity contribution in [2.24, 2.45) is 4.99 Å². The molecule has 30 heavy (non-hydrogen) atoms. The van der Waals surface area contributed by atoms with Gasteiger partial charge in [-0.3, -0.25) is 4.99 Å². The summed E-state index contributed by atoms with van der Waals surface area (Å²) < 4.78 is 5.80. The highest BCUT2D eigenvalue weighted by atomic mass is 32.1. The molecule has 0 fully saturated rings. The van der Waals surface area contributed by atoms with Crippen LogP contribution >= 0.6 is 11.3 Å². The highest BCUT2D eigenvalue weighted by Gasteiger charge is 2.04. The Morgan fingerprint density at radius 2 is 1.60 bits per heavy atom. The number of guanidine groups is 1. The lowest BCUT2D eigenvalue weighted by atomic mass is 10.1. The van der Waals surface area contributed by atoms with Gasteiger partial charge in [-0.25, -0.2) is 4.98 Å². The van der Waals surface area contributed by atoms with E-state index in [1.54, 1.807) is 18.4 Å². The zero-order valence-corrected chi connectivity index (χ0v) is 18.8. The molecule has 3 rings (SSSR count). The average Bonchev–Trinajstić information content (AvgIpc) is 3.09. The molecule has 0 saturated carbocycles. The first-order valence-electron chi connectivity index (χ1n) is 10.2. The average molecular weight is 423 g/mol. The van der Waals surface area contributed by atoms with Gasteiger partial charge in [-0.2, -0.15) is 0 Å². The molecule has 2 aromatic carbocycles. The Bertz CT molecular complexity index is 916. The summed E-state index contributed by atoms with van der Waals surface area (Å²) in [5.41, 5.74) is 4.70. The second-order valence-electron chi connectivity index (χ2n) is 7.15. The zero-order valence-electron chi connectivity index (χ0n) is 17.9. The molecule has 0 aliphatic heterocycles. The lowest BCUT2D eigenvalue weighted by molar-refractivity contribution is 0.107. The lowest BCUT2D eigenvalue weighted by Gasteiger charge is -2.12. The summed E-state index contributed by atoms with van der Waals surface area (Å²) in [6, 6.07) is 18.7. The van der Waals surface area contributed by atoms with E-state index in [4.69, 9.17) is 4.74 Å². The minimum Gasteiger partial charge on any atom is -0.372 e. The van der Waals surface area contributed by atoms with Crippen molar-refractivity contribution in [3.05, 3.63) is 86.9 Å². The first-order valence-corrected chi connectivity index (χ1v) is 11.0. The van der Waals surface area contributed by atoms with E-state index in [2.05, 4.69) is 70.9 Å². The lowest BCUT2D eigenvalue weighted by Crippen LogP contribution is -2.37. The molecule has 0 unspecified atom stereocenters. The van der Waals surface area contributed by atoms with Crippen molar-refractivity contribution in [3.8, 4) is 0 Å². The molecule has 0 saturated heterocycles. The van der Waals surface area contributed by atoms with Crippen molar-refractivity contribution in [1.82, 2.24) is 15.6 Å². The second-order valence-corrected chi connectivity index (χ2v) is 8.43. The van der Waals surface area contributed by atoms with Crippen LogP contribution in [-0.2, 0) is 30.9 Å². The Morgan fingerprint density at radius 1 is 0.933 bits per heavy atom. The van der Waals surface area contributed by atoms with Crippen molar-refractivity contribution in [2.45, 2.75) is 40.0 Å². The van der Waals surface area contributed by atoms with Crippen LogP contribution in [0.4, 0.5) is 0 Å². The zero-order chi connectivity index (χ0) is 21.2. The van der Waals surface area contributed by atoms with Crippen molar-refractivity contribution in [2.75, 3.05) is 13.6 Å². The van der Waals surface area contributed by atoms with Crippen LogP contribution in [-0.4, -0.2) is 24.5 Å². The number of aromatic nitrogens is 1. The smallest absolute Gasteiger partial charge is 0.191 e. The molecule has 0 radical (unpaired) electrons. The first kappa shape index (κ1) is 22.0. The Kier molecular flexibility index (Phi) is 8.41. The summed E-state index contributed by atoms with van der Waals surface area (Å²) in [5.74, 6) is 0.801. The van der Waals surface area contributed by atoms with Crippen LogP contribution in [0.15, 0.2) is 59.6 Å². The SMILES string of the molecule is CN=C(NCCc1nc(C)c(C)s1)NCc1ccc(COCc2ccccc2)cc1. The summed E-state index contributed by atoms with van der Waals surface area (Å²) in [5, 5.41) is 7.89. The van der Waals surface area contributed by atoms with E-state index < -0.39 is 0 Å². The van der Waals surface area contributed by atoms with Gasteiger partial charge < -0.3 is 15.4 Å². The quantitative estimate of drug-likeness (QED) is 0.397. The molecule has 0 amide bonds. The maximum absolute atomic E-state index is 5.80. The van der Waals surface area contributed by atoms with Crippen LogP contribution in [0, 0.1) is 13.8 Å². The van der Waals surface area contributed by atoms with E-state index in [0.717, 1.165) is 36.2 Å². The first-order chi connectivity index (χ1) is 14.6. The topological polar surface area (TPSA) is 58.5 Å². The molecule has 6 heteroatoms. The van der Waals surface area contributed by atoms with Gasteiger partial charge in [-0.15, -0.1) is 11.3 Å². The molecular formula is C24H30N4OS. The number of ether oxygens (including phenoxy) is 1. The van der Waals surface area contributed by atoms with Gasteiger partial charge in [0.05, 0.1) is 23.9 Å². The third-order valence-corrected chi connectivity index (χ3v) is 5.92. The summed E-state index contributed by atoms with van der Waals surface area (Å²) in [6.45, 7) is 6.95. The van der Waals surface area contributed by atoms with Gasteiger partial charge >= 0.3 is 0 Å². The molecule has 1 heterocycles. The molecule has 3 aromatic rings. The molecular weight excluding hydrogens is 392 g/mol. The van der Waals surface area contributed by atoms with E-state index in [-0.39, 0.29) is 0 Å². The Hall–Kier alpha value is -2.70. The van der Waals surface area contributed by atoms with Crippen LogP contribution in [0.5, 0.6) is 0 Å². The molecule has 5 nitrogen and oxygen atoms in total. The molecule has 0 bridgehead atoms. The Labute approximate surface area is 183 Å². The predicted molar refractivity (Wildman–Crippen MR) is 125 cm³/mol. The fourth-order valence-corrected chi connectivity index (χ4v) is 3.89. The number of rotatable bonds is 9. The number of aryl methyl sites for hydroxylation is 2. The van der Waals surface area contributed by atoms with Gasteiger partial charge in [0.2, 0.25) is 0 Å². The normalized spacial score (nSPS) is 11.5. The van der Waals surface area contributed by atoms with E-state index in [0.29, 0.717) is 13.2 Å². The van der Waals surface area contributed by atoms with Crippen LogP contribution in [0.3, 0.4) is 0 Å². The standard InChI is InChI=1S/C24H30N4OS/c1-18-19(2)30-23(28-18)13-14-26-24(25-3)27-15-20-9-11-22(12-10-20)17-29-16-21-7-5-4-6-8-21/h4-12H,13-17H2,1-3H3,(H2,25,26,27). The summed E-state index contributed by atoms with van der Waals surface area (Å²) in [4.78, 5) is 10.2. The van der Waals surface area contributed by atoms with Crippen molar-refractivity contribution in [3.63, 3.8) is 0 Å². The third kappa shape index (κ3) is 6.97. The number of hydrogen-bond donors (Lipinski definition) is 2. The molecule has 2 N–H and O–H groups in total. The van der Waals surface area contributed by atoms with Gasteiger partial charge in [0, 0.05) is 31.4 Å². The molecule has 0 aliphatic carbocycles. The van der Waals surface area contributed by atoms with Crippen LogP contribution in [0.25, 0.3) is 0 Å². The number of nitrogens with zero attached hydrogens (tertiary/aromatic N) is 2. The largest absolute Gasteiger partial charge is 0.372 e. The maximum Gasteiger partial charge on any atom is 0.191 e. The number of thiazole rings is 1. The highest BCUT2D eigenvalue weighted by molar-refractivity contribution is 7.11. The molecule has 0 spiro atoms. The summed E-state index contributed by atoms with van der Waals surface area (Å²) in [6.07, 6.45) is 0.901. The van der Waals surface area contributed by atoms with Gasteiger partial charge in [0.15, 0.2) is 5.96 Å². The van der Waals surface area contributed by atoms with Crippen molar-refractivity contribution in [1.29, 1.82) is 0 Å². The van der Waals surface area contributed by atoms with E-state index in [1.807, 2.05) is 18.2 Å². The number of nitrogens with one attached hydrogen (secondary N) is 2. The van der Waals surface area contributed by atoms with Crippen LogP contribution in [0.1, 0.15) is 32.3 Å². The second kappa shape index (κ2) is 11.5. The number of aliphatic imine (C=N–C) groups is 1. The van der Waals surface area contributed by atoms with E-state index in [9.17, 15) is 0 Å². The van der Waals surface area contributed by atoms with Gasteiger partial charge in [-0.1, -0.05) is 54.6 Å². The van der Waals surface area contributed by atoms with Crippen molar-refractivity contribution >= 4 is 17.3 Å². The maximum atomic E-state index is 5.80. The number of benzene rings is 2. The van der Waals surface area contributed by atoms with Crippen LogP contribution < -0.4 is 10.6 Å². The van der Waals surface area contributed by atoms with Gasteiger partial charge in [0.25, 0.3) is 0 Å². The van der Waals surface area contributed by atoms with Gasteiger partial charge in [-0.05, 0) is 30.5 Å². The highest BCUT2D eigenvalue weighted by Crippen LogP contribution is 2.16. The monoisotopic (exact) mass is 422 g/mol. The predicted octanol–water partition coefficient (Wildman–Crippen LogP) is 4.38.